The van der Waals surface area contributed by atoms with Gasteiger partial charge in [-0.3, -0.25) is 14.4 Å². The molecule has 11 nitrogen and oxygen atoms in total. The second kappa shape index (κ2) is 15.5. The van der Waals surface area contributed by atoms with Crippen LogP contribution in [-0.4, -0.2) is 68.9 Å². The number of phenols is 2. The van der Waals surface area contributed by atoms with Crippen molar-refractivity contribution in [3.8, 4) is 11.5 Å². The minimum atomic E-state index is -1.25. The molecule has 0 saturated heterocycles. The number of thiol groups is 1. The Hall–Kier alpha value is -4.55. The van der Waals surface area contributed by atoms with Crippen molar-refractivity contribution in [3.05, 3.63) is 95.6 Å². The molecule has 12 heteroatoms. The maximum Gasteiger partial charge on any atom is 0.326 e. The van der Waals surface area contributed by atoms with Crippen LogP contribution >= 0.6 is 12.6 Å². The van der Waals surface area contributed by atoms with Gasteiger partial charge in [-0.1, -0.05) is 54.6 Å². The maximum atomic E-state index is 13.4. The van der Waals surface area contributed by atoms with Gasteiger partial charge < -0.3 is 37.0 Å². The topological polar surface area (TPSA) is 191 Å². The van der Waals surface area contributed by atoms with Gasteiger partial charge in [0.2, 0.25) is 17.7 Å². The number of nitrogens with one attached hydrogen (secondary N) is 3. The predicted molar refractivity (Wildman–Crippen MR) is 159 cm³/mol. The minimum Gasteiger partial charge on any atom is -0.508 e. The van der Waals surface area contributed by atoms with E-state index in [-0.39, 0.29) is 36.5 Å². The van der Waals surface area contributed by atoms with Gasteiger partial charge in [-0.25, -0.2) is 4.79 Å². The molecule has 42 heavy (non-hydrogen) atoms. The normalized spacial score (nSPS) is 13.7. The SMILES string of the molecule is NC(Cc1ccc(O)cc1)C(=O)NC(Cc1ccc(O)cc1)C(=O)NC(CS)C(=O)NC(Cc1ccccc1)C(=O)O. The summed E-state index contributed by atoms with van der Waals surface area (Å²) in [6.45, 7) is 0. The van der Waals surface area contributed by atoms with Crippen LogP contribution in [0.1, 0.15) is 16.7 Å². The average molecular weight is 595 g/mol. The molecule has 4 atom stereocenters. The lowest BCUT2D eigenvalue weighted by molar-refractivity contribution is -0.142. The first-order valence-corrected chi connectivity index (χ1v) is 13.8. The predicted octanol–water partition coefficient (Wildman–Crippen LogP) is 0.922. The van der Waals surface area contributed by atoms with Crippen LogP contribution in [0.15, 0.2) is 78.9 Å². The minimum absolute atomic E-state index is 0.0104. The average Bonchev–Trinajstić information content (AvgIpc) is 2.97. The second-order valence-electron chi connectivity index (χ2n) is 9.74. The van der Waals surface area contributed by atoms with Crippen molar-refractivity contribution in [1.82, 2.24) is 16.0 Å². The Labute approximate surface area is 248 Å². The molecule has 3 amide bonds. The van der Waals surface area contributed by atoms with Crippen LogP contribution in [-0.2, 0) is 38.4 Å². The summed E-state index contributed by atoms with van der Waals surface area (Å²) in [5, 5.41) is 36.4. The lowest BCUT2D eigenvalue weighted by Gasteiger charge is -2.25. The number of aromatic hydroxyl groups is 2. The summed E-state index contributed by atoms with van der Waals surface area (Å²) in [7, 11) is 0. The van der Waals surface area contributed by atoms with E-state index < -0.39 is 47.9 Å². The van der Waals surface area contributed by atoms with E-state index in [2.05, 4.69) is 28.6 Å². The van der Waals surface area contributed by atoms with E-state index in [4.69, 9.17) is 5.73 Å². The Morgan fingerprint density at radius 1 is 0.619 bits per heavy atom. The van der Waals surface area contributed by atoms with Crippen molar-refractivity contribution in [1.29, 1.82) is 0 Å². The molecule has 3 aromatic rings. The lowest BCUT2D eigenvalue weighted by atomic mass is 10.0. The number of amides is 3. The molecule has 0 aliphatic carbocycles. The van der Waals surface area contributed by atoms with Crippen LogP contribution in [0, 0.1) is 0 Å². The number of carboxylic acid groups (broad SMARTS) is 1. The van der Waals surface area contributed by atoms with Gasteiger partial charge in [-0.15, -0.1) is 0 Å². The summed E-state index contributed by atoms with van der Waals surface area (Å²) in [6, 6.07) is 16.4. The van der Waals surface area contributed by atoms with Crippen molar-refractivity contribution in [3.63, 3.8) is 0 Å². The monoisotopic (exact) mass is 594 g/mol. The molecule has 0 heterocycles. The van der Waals surface area contributed by atoms with Gasteiger partial charge in [0.25, 0.3) is 0 Å². The van der Waals surface area contributed by atoms with Gasteiger partial charge in [-0.05, 0) is 47.4 Å². The maximum absolute atomic E-state index is 13.4. The molecule has 4 unspecified atom stereocenters. The molecule has 8 N–H and O–H groups in total. The van der Waals surface area contributed by atoms with Gasteiger partial charge in [0.15, 0.2) is 0 Å². The Kier molecular flexibility index (Phi) is 11.8. The summed E-state index contributed by atoms with van der Waals surface area (Å²) in [6.07, 6.45) is 0.184. The molecular weight excluding hydrogens is 560 g/mol. The van der Waals surface area contributed by atoms with Crippen LogP contribution in [0.4, 0.5) is 0 Å². The third-order valence-electron chi connectivity index (χ3n) is 6.45. The Morgan fingerprint density at radius 3 is 1.57 bits per heavy atom. The van der Waals surface area contributed by atoms with Crippen LogP contribution in [0.25, 0.3) is 0 Å². The zero-order chi connectivity index (χ0) is 30.6. The number of nitrogens with two attached hydrogens (primary N) is 1. The van der Waals surface area contributed by atoms with E-state index in [1.165, 1.54) is 24.3 Å². The largest absolute Gasteiger partial charge is 0.508 e. The number of hydrogen-bond donors (Lipinski definition) is 8. The highest BCUT2D eigenvalue weighted by Crippen LogP contribution is 2.13. The van der Waals surface area contributed by atoms with E-state index in [9.17, 15) is 34.5 Å². The highest BCUT2D eigenvalue weighted by atomic mass is 32.1. The number of aliphatic carboxylic acids is 1. The summed E-state index contributed by atoms with van der Waals surface area (Å²) < 4.78 is 0. The standard InChI is InChI=1S/C30H34N4O7S/c31-23(14-19-6-10-21(35)11-7-19)27(37)32-24(15-20-8-12-22(36)13-9-20)28(38)34-26(17-42)29(39)33-25(30(40)41)16-18-4-2-1-3-5-18/h1-13,23-26,35-36,42H,14-17,31H2,(H,32,37)(H,33,39)(H,34,38)(H,40,41). The molecule has 0 aromatic heterocycles. The highest BCUT2D eigenvalue weighted by Gasteiger charge is 2.30. The number of rotatable bonds is 14. The molecule has 222 valence electrons. The summed E-state index contributed by atoms with van der Waals surface area (Å²) >= 11 is 4.17. The Morgan fingerprint density at radius 2 is 1.05 bits per heavy atom. The molecule has 0 aliphatic rings. The van der Waals surface area contributed by atoms with E-state index in [1.54, 1.807) is 54.6 Å². The molecule has 0 bridgehead atoms. The van der Waals surface area contributed by atoms with Crippen molar-refractivity contribution < 1.29 is 34.5 Å². The van der Waals surface area contributed by atoms with Crippen molar-refractivity contribution in [2.75, 3.05) is 5.75 Å². The lowest BCUT2D eigenvalue weighted by Crippen LogP contribution is -2.58. The zero-order valence-electron chi connectivity index (χ0n) is 22.6. The number of carboxylic acids is 1. The molecule has 3 aromatic carbocycles. The third kappa shape index (κ3) is 9.82. The molecule has 0 fully saturated rings. The molecule has 0 saturated carbocycles. The first-order chi connectivity index (χ1) is 20.0. The first kappa shape index (κ1) is 32.0. The van der Waals surface area contributed by atoms with Gasteiger partial charge in [0.05, 0.1) is 6.04 Å². The van der Waals surface area contributed by atoms with Crippen molar-refractivity contribution >= 4 is 36.3 Å². The van der Waals surface area contributed by atoms with Gasteiger partial charge in [0.1, 0.15) is 29.6 Å². The number of benzene rings is 3. The number of carbonyl (C=O) groups excluding carboxylic acids is 3. The highest BCUT2D eigenvalue weighted by molar-refractivity contribution is 7.80. The van der Waals surface area contributed by atoms with Gasteiger partial charge in [-0.2, -0.15) is 12.6 Å². The smallest absolute Gasteiger partial charge is 0.326 e. The number of hydrogen-bond acceptors (Lipinski definition) is 8. The van der Waals surface area contributed by atoms with E-state index in [0.717, 1.165) is 0 Å². The summed E-state index contributed by atoms with van der Waals surface area (Å²) in [5.41, 5.74) is 8.12. The Bertz CT molecular complexity index is 1350. The van der Waals surface area contributed by atoms with E-state index in [0.29, 0.717) is 16.7 Å². The molecule has 3 rings (SSSR count). The first-order valence-electron chi connectivity index (χ1n) is 13.2. The fourth-order valence-corrected chi connectivity index (χ4v) is 4.38. The summed E-state index contributed by atoms with van der Waals surface area (Å²) in [5.74, 6) is -3.37. The van der Waals surface area contributed by atoms with Gasteiger partial charge >= 0.3 is 5.97 Å². The number of carbonyl (C=O) groups is 4. The fraction of sp³-hybridized carbons (Fsp3) is 0.267. The molecule has 0 aliphatic heterocycles. The zero-order valence-corrected chi connectivity index (χ0v) is 23.5. The number of phenolic OH excluding ortho intramolecular Hbond substituents is 2. The van der Waals surface area contributed by atoms with Crippen molar-refractivity contribution in [2.45, 2.75) is 43.4 Å². The fourth-order valence-electron chi connectivity index (χ4n) is 4.12. The molecule has 0 radical (unpaired) electrons. The van der Waals surface area contributed by atoms with Crippen LogP contribution in [0.5, 0.6) is 11.5 Å². The summed E-state index contributed by atoms with van der Waals surface area (Å²) in [4.78, 5) is 51.2. The van der Waals surface area contributed by atoms with E-state index in [1.807, 2.05) is 0 Å². The quantitative estimate of drug-likeness (QED) is 0.126. The second-order valence-corrected chi connectivity index (χ2v) is 10.1. The van der Waals surface area contributed by atoms with Crippen LogP contribution in [0.2, 0.25) is 0 Å². The van der Waals surface area contributed by atoms with Crippen LogP contribution < -0.4 is 21.7 Å². The van der Waals surface area contributed by atoms with Crippen molar-refractivity contribution in [2.24, 2.45) is 5.73 Å². The van der Waals surface area contributed by atoms with Crippen LogP contribution in [0.3, 0.4) is 0 Å². The van der Waals surface area contributed by atoms with Gasteiger partial charge in [0, 0.05) is 18.6 Å². The molecule has 0 spiro atoms. The van der Waals surface area contributed by atoms with E-state index >= 15 is 0 Å². The Balaban J connectivity index is 1.71. The molecular formula is C30H34N4O7S. The third-order valence-corrected chi connectivity index (χ3v) is 6.82.